The molecule has 4 nitrogen and oxygen atoms in total. The molecule has 1 aliphatic rings. The molecule has 1 rings (SSSR count). The predicted molar refractivity (Wildman–Crippen MR) is 49.5 cm³/mol. The van der Waals surface area contributed by atoms with Gasteiger partial charge in [0, 0.05) is 0 Å². The van der Waals surface area contributed by atoms with E-state index in [9.17, 15) is 9.59 Å². The highest BCUT2D eigenvalue weighted by molar-refractivity contribution is 6.03. The second-order valence-corrected chi connectivity index (χ2v) is 3.31. The lowest BCUT2D eigenvalue weighted by Gasteiger charge is -2.24. The van der Waals surface area contributed by atoms with Crippen LogP contribution in [0, 0.1) is 5.41 Å². The molecule has 0 aliphatic heterocycles. The van der Waals surface area contributed by atoms with E-state index in [-0.39, 0.29) is 0 Å². The third-order valence-electron chi connectivity index (χ3n) is 2.71. The smallest absolute Gasteiger partial charge is 0.327 e. The van der Waals surface area contributed by atoms with Gasteiger partial charge in [-0.1, -0.05) is 6.08 Å². The summed E-state index contributed by atoms with van der Waals surface area (Å²) >= 11 is 0. The highest BCUT2D eigenvalue weighted by atomic mass is 16.5. The van der Waals surface area contributed by atoms with Crippen LogP contribution in [0.3, 0.4) is 0 Å². The van der Waals surface area contributed by atoms with E-state index in [4.69, 9.17) is 0 Å². The maximum Gasteiger partial charge on any atom is 0.327 e. The maximum absolute atomic E-state index is 11.6. The van der Waals surface area contributed by atoms with E-state index >= 15 is 0 Å². The number of esters is 2. The van der Waals surface area contributed by atoms with Crippen molar-refractivity contribution in [2.45, 2.75) is 19.8 Å². The molecule has 0 radical (unpaired) electrons. The Morgan fingerprint density at radius 1 is 1.29 bits per heavy atom. The molecule has 0 N–H and O–H groups in total. The van der Waals surface area contributed by atoms with Gasteiger partial charge in [0.2, 0.25) is 0 Å². The Balaban J connectivity index is 3.09. The molecule has 0 saturated heterocycles. The SMILES string of the molecule is COC(=O)C1(C(=O)OC)CCC=C1C. The molecule has 0 aromatic rings. The summed E-state index contributed by atoms with van der Waals surface area (Å²) in [5.41, 5.74) is -0.472. The molecule has 0 unspecified atom stereocenters. The molecule has 4 heteroatoms. The molecule has 0 bridgehead atoms. The zero-order valence-corrected chi connectivity index (χ0v) is 8.62. The van der Waals surface area contributed by atoms with Gasteiger partial charge >= 0.3 is 11.9 Å². The molecular formula is C10H14O4. The average molecular weight is 198 g/mol. The lowest BCUT2D eigenvalue weighted by molar-refractivity contribution is -0.165. The topological polar surface area (TPSA) is 52.6 Å². The Kier molecular flexibility index (Phi) is 2.93. The Hall–Kier alpha value is -1.32. The van der Waals surface area contributed by atoms with E-state index < -0.39 is 17.4 Å². The van der Waals surface area contributed by atoms with Crippen LogP contribution in [-0.4, -0.2) is 26.2 Å². The highest BCUT2D eigenvalue weighted by Crippen LogP contribution is 2.40. The van der Waals surface area contributed by atoms with E-state index in [0.29, 0.717) is 12.8 Å². The summed E-state index contributed by atoms with van der Waals surface area (Å²) < 4.78 is 9.30. The number of carbonyl (C=O) groups excluding carboxylic acids is 2. The summed E-state index contributed by atoms with van der Waals surface area (Å²) in [4.78, 5) is 23.2. The minimum Gasteiger partial charge on any atom is -0.468 e. The van der Waals surface area contributed by atoms with Gasteiger partial charge in [0.15, 0.2) is 5.41 Å². The molecule has 14 heavy (non-hydrogen) atoms. The number of methoxy groups -OCH3 is 2. The number of rotatable bonds is 2. The normalized spacial score (nSPS) is 18.6. The summed E-state index contributed by atoms with van der Waals surface area (Å²) in [6, 6.07) is 0. The molecule has 78 valence electrons. The van der Waals surface area contributed by atoms with Gasteiger partial charge in [-0.25, -0.2) is 0 Å². The molecule has 0 heterocycles. The average Bonchev–Trinajstić information content (AvgIpc) is 2.59. The van der Waals surface area contributed by atoms with Crippen molar-refractivity contribution in [1.29, 1.82) is 0 Å². The summed E-state index contributed by atoms with van der Waals surface area (Å²) in [5.74, 6) is -1.06. The minimum absolute atomic E-state index is 0.443. The minimum atomic E-state index is -1.19. The molecule has 0 amide bonds. The molecule has 0 aromatic heterocycles. The van der Waals surface area contributed by atoms with Crippen molar-refractivity contribution in [3.8, 4) is 0 Å². The second kappa shape index (κ2) is 3.82. The van der Waals surface area contributed by atoms with Crippen molar-refractivity contribution >= 4 is 11.9 Å². The first-order valence-corrected chi connectivity index (χ1v) is 4.43. The van der Waals surface area contributed by atoms with Gasteiger partial charge in [0.05, 0.1) is 14.2 Å². The van der Waals surface area contributed by atoms with Crippen LogP contribution in [0.1, 0.15) is 19.8 Å². The number of allylic oxidation sites excluding steroid dienone is 1. The van der Waals surface area contributed by atoms with Crippen LogP contribution in [0.5, 0.6) is 0 Å². The standard InChI is InChI=1S/C10H14O4/c1-7-5-4-6-10(7,8(11)13-2)9(12)14-3/h5H,4,6H2,1-3H3. The Labute approximate surface area is 82.9 Å². The van der Waals surface area contributed by atoms with E-state index in [1.165, 1.54) is 14.2 Å². The van der Waals surface area contributed by atoms with E-state index in [1.807, 2.05) is 6.08 Å². The van der Waals surface area contributed by atoms with Gasteiger partial charge in [0.1, 0.15) is 0 Å². The van der Waals surface area contributed by atoms with Crippen LogP contribution in [0.25, 0.3) is 0 Å². The van der Waals surface area contributed by atoms with E-state index in [0.717, 1.165) is 5.57 Å². The van der Waals surface area contributed by atoms with Crippen LogP contribution in [-0.2, 0) is 19.1 Å². The monoisotopic (exact) mass is 198 g/mol. The molecule has 0 aromatic carbocycles. The second-order valence-electron chi connectivity index (χ2n) is 3.31. The number of hydrogen-bond acceptors (Lipinski definition) is 4. The lowest BCUT2D eigenvalue weighted by atomic mass is 9.82. The Bertz CT molecular complexity index is 274. The van der Waals surface area contributed by atoms with Crippen LogP contribution in [0.2, 0.25) is 0 Å². The Morgan fingerprint density at radius 3 is 2.07 bits per heavy atom. The lowest BCUT2D eigenvalue weighted by Crippen LogP contribution is -2.40. The quantitative estimate of drug-likeness (QED) is 0.378. The summed E-state index contributed by atoms with van der Waals surface area (Å²) in [6.07, 6.45) is 3.02. The summed E-state index contributed by atoms with van der Waals surface area (Å²) in [7, 11) is 2.55. The number of ether oxygens (including phenoxy) is 2. The van der Waals surface area contributed by atoms with Crippen LogP contribution >= 0.6 is 0 Å². The van der Waals surface area contributed by atoms with Crippen LogP contribution in [0.15, 0.2) is 11.6 Å². The fourth-order valence-corrected chi connectivity index (χ4v) is 1.83. The fourth-order valence-electron chi connectivity index (χ4n) is 1.83. The highest BCUT2D eigenvalue weighted by Gasteiger charge is 2.51. The first kappa shape index (κ1) is 10.8. The maximum atomic E-state index is 11.6. The van der Waals surface area contributed by atoms with Gasteiger partial charge in [-0.15, -0.1) is 0 Å². The molecule has 0 saturated carbocycles. The van der Waals surface area contributed by atoms with Crippen LogP contribution in [0.4, 0.5) is 0 Å². The molecule has 0 spiro atoms. The number of hydrogen-bond donors (Lipinski definition) is 0. The largest absolute Gasteiger partial charge is 0.468 e. The summed E-state index contributed by atoms with van der Waals surface area (Å²) in [5, 5.41) is 0. The van der Waals surface area contributed by atoms with Crippen molar-refractivity contribution in [1.82, 2.24) is 0 Å². The molecule has 1 aliphatic carbocycles. The Morgan fingerprint density at radius 2 is 1.79 bits per heavy atom. The van der Waals surface area contributed by atoms with E-state index in [2.05, 4.69) is 9.47 Å². The third-order valence-corrected chi connectivity index (χ3v) is 2.71. The van der Waals surface area contributed by atoms with Gasteiger partial charge in [0.25, 0.3) is 0 Å². The molecule has 0 fully saturated rings. The predicted octanol–water partition coefficient (Wildman–Crippen LogP) is 1.06. The van der Waals surface area contributed by atoms with Gasteiger partial charge in [-0.3, -0.25) is 9.59 Å². The number of carbonyl (C=O) groups is 2. The van der Waals surface area contributed by atoms with Gasteiger partial charge < -0.3 is 9.47 Å². The third kappa shape index (κ3) is 1.31. The molecule has 0 atom stereocenters. The van der Waals surface area contributed by atoms with Crippen molar-refractivity contribution in [3.63, 3.8) is 0 Å². The first-order valence-electron chi connectivity index (χ1n) is 4.43. The van der Waals surface area contributed by atoms with Crippen LogP contribution < -0.4 is 0 Å². The van der Waals surface area contributed by atoms with E-state index in [1.54, 1.807) is 6.92 Å². The van der Waals surface area contributed by atoms with Gasteiger partial charge in [-0.05, 0) is 25.3 Å². The summed E-state index contributed by atoms with van der Waals surface area (Å²) in [6.45, 7) is 1.75. The van der Waals surface area contributed by atoms with Crippen molar-refractivity contribution in [3.05, 3.63) is 11.6 Å². The fraction of sp³-hybridized carbons (Fsp3) is 0.600. The van der Waals surface area contributed by atoms with Crippen molar-refractivity contribution < 1.29 is 19.1 Å². The van der Waals surface area contributed by atoms with Crippen molar-refractivity contribution in [2.24, 2.45) is 5.41 Å². The zero-order valence-electron chi connectivity index (χ0n) is 8.62. The molecular weight excluding hydrogens is 184 g/mol. The first-order chi connectivity index (χ1) is 6.59. The zero-order chi connectivity index (χ0) is 10.8. The van der Waals surface area contributed by atoms with Gasteiger partial charge in [-0.2, -0.15) is 0 Å². The van der Waals surface area contributed by atoms with Crippen molar-refractivity contribution in [2.75, 3.05) is 14.2 Å².